The minimum absolute atomic E-state index is 0.358. The molecule has 1 aliphatic rings. The van der Waals surface area contributed by atoms with Crippen LogP contribution in [0.5, 0.6) is 0 Å². The van der Waals surface area contributed by atoms with Crippen molar-refractivity contribution in [2.45, 2.75) is 45.3 Å². The summed E-state index contributed by atoms with van der Waals surface area (Å²) in [4.78, 5) is 4.71. The van der Waals surface area contributed by atoms with E-state index in [4.69, 9.17) is 4.99 Å². The zero-order valence-corrected chi connectivity index (χ0v) is 11.3. The molecule has 2 heterocycles. The van der Waals surface area contributed by atoms with E-state index in [1.807, 2.05) is 34.9 Å². The average Bonchev–Trinajstić information content (AvgIpc) is 2.82. The van der Waals surface area contributed by atoms with Gasteiger partial charge in [-0.25, -0.2) is 0 Å². The molecule has 0 aromatic carbocycles. The summed E-state index contributed by atoms with van der Waals surface area (Å²) >= 11 is 1.83. The van der Waals surface area contributed by atoms with Crippen molar-refractivity contribution in [2.24, 2.45) is 4.99 Å². The van der Waals surface area contributed by atoms with Crippen molar-refractivity contribution in [1.29, 1.82) is 0 Å². The van der Waals surface area contributed by atoms with Gasteiger partial charge in [-0.05, 0) is 25.8 Å². The summed E-state index contributed by atoms with van der Waals surface area (Å²) in [6.45, 7) is 5.25. The lowest BCUT2D eigenvalue weighted by atomic mass is 10.2. The van der Waals surface area contributed by atoms with Crippen molar-refractivity contribution in [3.05, 3.63) is 18.5 Å². The summed E-state index contributed by atoms with van der Waals surface area (Å²) in [7, 11) is 0. The van der Waals surface area contributed by atoms with Crippen molar-refractivity contribution < 1.29 is 0 Å². The molecule has 1 aliphatic heterocycles. The highest BCUT2D eigenvalue weighted by molar-refractivity contribution is 8.13. The molecular formula is C12H20N4S. The van der Waals surface area contributed by atoms with Crippen LogP contribution in [-0.2, 0) is 6.54 Å². The average molecular weight is 252 g/mol. The number of hydrogen-bond donors (Lipinski definition) is 1. The molecule has 2 atom stereocenters. The number of rotatable bonds is 4. The van der Waals surface area contributed by atoms with Crippen molar-refractivity contribution in [1.82, 2.24) is 15.1 Å². The highest BCUT2D eigenvalue weighted by Gasteiger charge is 2.15. The van der Waals surface area contributed by atoms with Crippen LogP contribution in [0, 0.1) is 0 Å². The third kappa shape index (κ3) is 3.77. The van der Waals surface area contributed by atoms with Crippen LogP contribution in [0.2, 0.25) is 0 Å². The Bertz CT molecular complexity index is 361. The Morgan fingerprint density at radius 2 is 2.53 bits per heavy atom. The molecule has 0 radical (unpaired) electrons. The third-order valence-corrected chi connectivity index (χ3v) is 3.79. The fourth-order valence-electron chi connectivity index (χ4n) is 1.88. The number of aromatic nitrogens is 2. The quantitative estimate of drug-likeness (QED) is 0.892. The van der Waals surface area contributed by atoms with Crippen LogP contribution in [0.4, 0.5) is 0 Å². The largest absolute Gasteiger partial charge is 0.361 e. The van der Waals surface area contributed by atoms with Gasteiger partial charge in [-0.2, -0.15) is 5.10 Å². The molecule has 94 valence electrons. The number of nitrogens with one attached hydrogen (secondary N) is 1. The van der Waals surface area contributed by atoms with Crippen molar-refractivity contribution >= 4 is 16.9 Å². The second kappa shape index (κ2) is 6.10. The van der Waals surface area contributed by atoms with Gasteiger partial charge < -0.3 is 5.32 Å². The van der Waals surface area contributed by atoms with Gasteiger partial charge in [0.2, 0.25) is 0 Å². The molecule has 0 saturated carbocycles. The molecule has 0 fully saturated rings. The second-order valence-electron chi connectivity index (χ2n) is 4.41. The van der Waals surface area contributed by atoms with E-state index in [0.29, 0.717) is 12.1 Å². The molecule has 5 heteroatoms. The summed E-state index contributed by atoms with van der Waals surface area (Å²) in [5.74, 6) is 1.18. The van der Waals surface area contributed by atoms with Gasteiger partial charge >= 0.3 is 0 Å². The molecule has 0 amide bonds. The zero-order chi connectivity index (χ0) is 12.1. The summed E-state index contributed by atoms with van der Waals surface area (Å²) < 4.78 is 1.95. The van der Waals surface area contributed by atoms with Crippen LogP contribution >= 0.6 is 11.8 Å². The second-order valence-corrected chi connectivity index (χ2v) is 5.49. The molecule has 2 unspecified atom stereocenters. The van der Waals surface area contributed by atoms with E-state index in [1.54, 1.807) is 0 Å². The first kappa shape index (κ1) is 12.5. The Hall–Kier alpha value is -0.970. The van der Waals surface area contributed by atoms with E-state index >= 15 is 0 Å². The Morgan fingerprint density at radius 3 is 3.24 bits per heavy atom. The Labute approximate surface area is 107 Å². The predicted octanol–water partition coefficient (Wildman–Crippen LogP) is 2.13. The standard InChI is InChI=1S/C12H20N4S/c1-3-11-5-8-17-12(15-11)14-10(2)9-16-7-4-6-13-16/h4,6-7,10-11H,3,5,8-9H2,1-2H3,(H,14,15). The minimum Gasteiger partial charge on any atom is -0.361 e. The number of hydrogen-bond acceptors (Lipinski definition) is 4. The maximum absolute atomic E-state index is 4.71. The molecule has 17 heavy (non-hydrogen) atoms. The summed E-state index contributed by atoms with van der Waals surface area (Å²) in [6.07, 6.45) is 6.15. The van der Waals surface area contributed by atoms with E-state index in [0.717, 1.165) is 18.1 Å². The van der Waals surface area contributed by atoms with Crippen molar-refractivity contribution in [3.8, 4) is 0 Å². The molecule has 0 saturated heterocycles. The number of thioether (sulfide) groups is 1. The SMILES string of the molecule is CCC1CCSC(NC(C)Cn2cccn2)=N1. The van der Waals surface area contributed by atoms with E-state index in [2.05, 4.69) is 24.3 Å². The number of nitrogens with zero attached hydrogens (tertiary/aromatic N) is 3. The Balaban J connectivity index is 1.85. The maximum Gasteiger partial charge on any atom is 0.157 e. The van der Waals surface area contributed by atoms with Crippen molar-refractivity contribution in [3.63, 3.8) is 0 Å². The van der Waals surface area contributed by atoms with Gasteiger partial charge in [-0.1, -0.05) is 18.7 Å². The van der Waals surface area contributed by atoms with E-state index in [9.17, 15) is 0 Å². The first-order chi connectivity index (χ1) is 8.28. The fourth-order valence-corrected chi connectivity index (χ4v) is 2.97. The van der Waals surface area contributed by atoms with Crippen LogP contribution in [-0.4, -0.2) is 32.8 Å². The van der Waals surface area contributed by atoms with E-state index in [-0.39, 0.29) is 0 Å². The van der Waals surface area contributed by atoms with Crippen LogP contribution in [0.1, 0.15) is 26.7 Å². The molecule has 4 nitrogen and oxygen atoms in total. The van der Waals surface area contributed by atoms with Crippen molar-refractivity contribution in [2.75, 3.05) is 5.75 Å². The molecule has 0 bridgehead atoms. The lowest BCUT2D eigenvalue weighted by Crippen LogP contribution is -2.36. The Kier molecular flexibility index (Phi) is 4.48. The summed E-state index contributed by atoms with van der Waals surface area (Å²) in [5.41, 5.74) is 0. The van der Waals surface area contributed by atoms with Gasteiger partial charge in [0.1, 0.15) is 0 Å². The molecule has 1 N–H and O–H groups in total. The molecular weight excluding hydrogens is 232 g/mol. The smallest absolute Gasteiger partial charge is 0.157 e. The highest BCUT2D eigenvalue weighted by Crippen LogP contribution is 2.18. The number of amidine groups is 1. The third-order valence-electron chi connectivity index (χ3n) is 2.85. The first-order valence-corrected chi connectivity index (χ1v) is 7.21. The van der Waals surface area contributed by atoms with Crippen LogP contribution in [0.3, 0.4) is 0 Å². The van der Waals surface area contributed by atoms with Gasteiger partial charge in [0.05, 0.1) is 12.6 Å². The first-order valence-electron chi connectivity index (χ1n) is 6.22. The lowest BCUT2D eigenvalue weighted by Gasteiger charge is -2.22. The van der Waals surface area contributed by atoms with Gasteiger partial charge in [0, 0.05) is 24.2 Å². The molecule has 0 aliphatic carbocycles. The predicted molar refractivity (Wildman–Crippen MR) is 73.4 cm³/mol. The van der Waals surface area contributed by atoms with Crippen LogP contribution in [0.25, 0.3) is 0 Å². The number of aliphatic imine (C=N–C) groups is 1. The van der Waals surface area contributed by atoms with Gasteiger partial charge in [0.25, 0.3) is 0 Å². The molecule has 0 spiro atoms. The minimum atomic E-state index is 0.358. The van der Waals surface area contributed by atoms with Gasteiger partial charge in [-0.3, -0.25) is 9.67 Å². The van der Waals surface area contributed by atoms with E-state index < -0.39 is 0 Å². The monoisotopic (exact) mass is 252 g/mol. The molecule has 1 aromatic heterocycles. The topological polar surface area (TPSA) is 42.2 Å². The zero-order valence-electron chi connectivity index (χ0n) is 10.5. The van der Waals surface area contributed by atoms with Crippen LogP contribution < -0.4 is 5.32 Å². The fraction of sp³-hybridized carbons (Fsp3) is 0.667. The summed E-state index contributed by atoms with van der Waals surface area (Å²) in [6, 6.07) is 2.82. The maximum atomic E-state index is 4.71. The van der Waals surface area contributed by atoms with Crippen LogP contribution in [0.15, 0.2) is 23.5 Å². The van der Waals surface area contributed by atoms with Gasteiger partial charge in [0.15, 0.2) is 5.17 Å². The lowest BCUT2D eigenvalue weighted by molar-refractivity contribution is 0.505. The van der Waals surface area contributed by atoms with E-state index in [1.165, 1.54) is 12.2 Å². The molecule has 1 aromatic rings. The molecule has 2 rings (SSSR count). The Morgan fingerprint density at radius 1 is 1.65 bits per heavy atom. The normalized spacial score (nSPS) is 22.0. The summed E-state index contributed by atoms with van der Waals surface area (Å²) in [5, 5.41) is 8.78. The van der Waals surface area contributed by atoms with Gasteiger partial charge in [-0.15, -0.1) is 0 Å². The highest BCUT2D eigenvalue weighted by atomic mass is 32.2.